The third-order valence-corrected chi connectivity index (χ3v) is 4.46. The van der Waals surface area contributed by atoms with Crippen molar-refractivity contribution in [2.45, 2.75) is 12.0 Å². The standard InChI is InChI=1S/C13H12Cl2FNOS/c14-11-5-8(13(15)19-11)12(18)9(6-17)7-3-1-2-4-10(7)16/h1-5,9,12,18H,6,17H2. The van der Waals surface area contributed by atoms with Gasteiger partial charge in [0.25, 0.3) is 0 Å². The third kappa shape index (κ3) is 3.09. The summed E-state index contributed by atoms with van der Waals surface area (Å²) in [5.41, 5.74) is 6.52. The second-order valence-corrected chi connectivity index (χ2v) is 6.37. The van der Waals surface area contributed by atoms with E-state index in [2.05, 4.69) is 0 Å². The molecule has 2 aromatic rings. The molecule has 0 spiro atoms. The van der Waals surface area contributed by atoms with Crippen molar-refractivity contribution >= 4 is 34.5 Å². The number of nitrogens with two attached hydrogens (primary N) is 1. The maximum absolute atomic E-state index is 13.8. The van der Waals surface area contributed by atoms with Gasteiger partial charge in [-0.3, -0.25) is 0 Å². The fraction of sp³-hybridized carbons (Fsp3) is 0.231. The summed E-state index contributed by atoms with van der Waals surface area (Å²) in [5.74, 6) is -0.959. The molecule has 0 aliphatic rings. The molecule has 0 bridgehead atoms. The Kier molecular flexibility index (Phi) is 4.81. The molecule has 0 saturated heterocycles. The van der Waals surface area contributed by atoms with E-state index >= 15 is 0 Å². The van der Waals surface area contributed by atoms with Crippen LogP contribution < -0.4 is 5.73 Å². The molecule has 0 saturated carbocycles. The summed E-state index contributed by atoms with van der Waals surface area (Å²) in [5, 5.41) is 10.4. The zero-order valence-corrected chi connectivity index (χ0v) is 12.1. The van der Waals surface area contributed by atoms with Gasteiger partial charge < -0.3 is 10.8 Å². The van der Waals surface area contributed by atoms with E-state index in [0.29, 0.717) is 19.8 Å². The van der Waals surface area contributed by atoms with Crippen molar-refractivity contribution in [1.82, 2.24) is 0 Å². The van der Waals surface area contributed by atoms with Crippen LogP contribution in [0.5, 0.6) is 0 Å². The summed E-state index contributed by atoms with van der Waals surface area (Å²) in [7, 11) is 0. The maximum Gasteiger partial charge on any atom is 0.126 e. The lowest BCUT2D eigenvalue weighted by Crippen LogP contribution is -2.21. The van der Waals surface area contributed by atoms with Crippen LogP contribution >= 0.6 is 34.5 Å². The molecule has 2 rings (SSSR count). The van der Waals surface area contributed by atoms with Gasteiger partial charge in [0, 0.05) is 18.0 Å². The van der Waals surface area contributed by atoms with E-state index < -0.39 is 17.8 Å². The Morgan fingerprint density at radius 2 is 1.95 bits per heavy atom. The molecule has 19 heavy (non-hydrogen) atoms. The molecule has 1 aromatic heterocycles. The van der Waals surface area contributed by atoms with Crippen molar-refractivity contribution in [2.24, 2.45) is 5.73 Å². The largest absolute Gasteiger partial charge is 0.388 e. The van der Waals surface area contributed by atoms with Gasteiger partial charge in [-0.1, -0.05) is 41.4 Å². The smallest absolute Gasteiger partial charge is 0.126 e. The molecule has 102 valence electrons. The van der Waals surface area contributed by atoms with Crippen LogP contribution in [-0.4, -0.2) is 11.7 Å². The van der Waals surface area contributed by atoms with Crippen LogP contribution in [0.4, 0.5) is 4.39 Å². The van der Waals surface area contributed by atoms with E-state index in [0.717, 1.165) is 11.3 Å². The monoisotopic (exact) mass is 319 g/mol. The lowest BCUT2D eigenvalue weighted by Gasteiger charge is -2.22. The second kappa shape index (κ2) is 6.20. The van der Waals surface area contributed by atoms with Crippen LogP contribution in [-0.2, 0) is 0 Å². The Hall–Kier alpha value is -0.650. The summed E-state index contributed by atoms with van der Waals surface area (Å²) in [6, 6.07) is 7.83. The van der Waals surface area contributed by atoms with Crippen LogP contribution in [0.1, 0.15) is 23.1 Å². The summed E-state index contributed by atoms with van der Waals surface area (Å²) in [6.07, 6.45) is -0.988. The van der Waals surface area contributed by atoms with E-state index in [9.17, 15) is 9.50 Å². The van der Waals surface area contributed by atoms with Crippen LogP contribution in [0.2, 0.25) is 8.67 Å². The van der Waals surface area contributed by atoms with Gasteiger partial charge in [-0.2, -0.15) is 0 Å². The van der Waals surface area contributed by atoms with Crippen molar-refractivity contribution in [3.05, 3.63) is 55.9 Å². The highest BCUT2D eigenvalue weighted by Gasteiger charge is 2.26. The van der Waals surface area contributed by atoms with Gasteiger partial charge in [0.1, 0.15) is 10.2 Å². The molecule has 2 unspecified atom stereocenters. The molecule has 0 radical (unpaired) electrons. The summed E-state index contributed by atoms with van der Waals surface area (Å²) in [4.78, 5) is 0. The zero-order valence-electron chi connectivity index (χ0n) is 9.82. The molecule has 1 aromatic carbocycles. The van der Waals surface area contributed by atoms with Crippen molar-refractivity contribution in [1.29, 1.82) is 0 Å². The van der Waals surface area contributed by atoms with Gasteiger partial charge in [0.15, 0.2) is 0 Å². The van der Waals surface area contributed by atoms with Gasteiger partial charge in [-0.25, -0.2) is 4.39 Å². The fourth-order valence-corrected chi connectivity index (χ4v) is 3.51. The average Bonchev–Trinajstić information content (AvgIpc) is 2.71. The number of rotatable bonds is 4. The Bertz CT molecular complexity index is 576. The highest BCUT2D eigenvalue weighted by Crippen LogP contribution is 2.40. The number of benzene rings is 1. The van der Waals surface area contributed by atoms with Crippen molar-refractivity contribution in [3.8, 4) is 0 Å². The molecule has 0 aliphatic heterocycles. The maximum atomic E-state index is 13.8. The van der Waals surface area contributed by atoms with Gasteiger partial charge in [-0.15, -0.1) is 11.3 Å². The average molecular weight is 320 g/mol. The lowest BCUT2D eigenvalue weighted by atomic mass is 9.90. The van der Waals surface area contributed by atoms with E-state index in [1.165, 1.54) is 6.07 Å². The van der Waals surface area contributed by atoms with E-state index in [1.807, 2.05) is 0 Å². The Morgan fingerprint density at radius 3 is 2.47 bits per heavy atom. The molecular formula is C13H12Cl2FNOS. The number of thiophene rings is 1. The van der Waals surface area contributed by atoms with Gasteiger partial charge >= 0.3 is 0 Å². The first-order valence-corrected chi connectivity index (χ1v) is 7.19. The van der Waals surface area contributed by atoms with Crippen LogP contribution in [0.25, 0.3) is 0 Å². The molecule has 2 nitrogen and oxygen atoms in total. The van der Waals surface area contributed by atoms with E-state index in [4.69, 9.17) is 28.9 Å². The van der Waals surface area contributed by atoms with Crippen molar-refractivity contribution < 1.29 is 9.50 Å². The molecule has 1 heterocycles. The molecule has 2 atom stereocenters. The summed E-state index contributed by atoms with van der Waals surface area (Å²) in [6.45, 7) is 0.103. The lowest BCUT2D eigenvalue weighted by molar-refractivity contribution is 0.146. The van der Waals surface area contributed by atoms with Gasteiger partial charge in [-0.05, 0) is 17.7 Å². The summed E-state index contributed by atoms with van der Waals surface area (Å²) < 4.78 is 14.7. The predicted molar refractivity (Wildman–Crippen MR) is 77.5 cm³/mol. The van der Waals surface area contributed by atoms with E-state index in [-0.39, 0.29) is 6.54 Å². The SMILES string of the molecule is NCC(c1ccccc1F)C(O)c1cc(Cl)sc1Cl. The zero-order chi connectivity index (χ0) is 14.0. The van der Waals surface area contributed by atoms with E-state index in [1.54, 1.807) is 24.3 Å². The minimum absolute atomic E-state index is 0.103. The van der Waals surface area contributed by atoms with Crippen LogP contribution in [0, 0.1) is 5.82 Å². The molecule has 0 fully saturated rings. The quantitative estimate of drug-likeness (QED) is 0.895. The van der Waals surface area contributed by atoms with Crippen molar-refractivity contribution in [2.75, 3.05) is 6.54 Å². The van der Waals surface area contributed by atoms with Gasteiger partial charge in [0.2, 0.25) is 0 Å². The minimum Gasteiger partial charge on any atom is -0.388 e. The molecule has 0 aliphatic carbocycles. The molecule has 3 N–H and O–H groups in total. The topological polar surface area (TPSA) is 46.2 Å². The number of hydrogen-bond donors (Lipinski definition) is 2. The third-order valence-electron chi connectivity index (χ3n) is 2.94. The molecule has 0 amide bonds. The Balaban J connectivity index is 2.37. The number of aliphatic hydroxyl groups excluding tert-OH is 1. The Morgan fingerprint density at radius 1 is 1.26 bits per heavy atom. The van der Waals surface area contributed by atoms with Crippen LogP contribution in [0.3, 0.4) is 0 Å². The number of aliphatic hydroxyl groups is 1. The van der Waals surface area contributed by atoms with Crippen molar-refractivity contribution in [3.63, 3.8) is 0 Å². The highest BCUT2D eigenvalue weighted by molar-refractivity contribution is 7.20. The predicted octanol–water partition coefficient (Wildman–Crippen LogP) is 3.97. The van der Waals surface area contributed by atoms with Gasteiger partial charge in [0.05, 0.1) is 10.4 Å². The highest BCUT2D eigenvalue weighted by atomic mass is 35.5. The normalized spacial score (nSPS) is 14.4. The minimum atomic E-state index is -0.988. The first-order valence-electron chi connectivity index (χ1n) is 5.62. The first-order chi connectivity index (χ1) is 9.04. The number of hydrogen-bond acceptors (Lipinski definition) is 3. The first kappa shape index (κ1) is 14.8. The molecule has 6 heteroatoms. The molecular weight excluding hydrogens is 308 g/mol. The van der Waals surface area contributed by atoms with Crippen LogP contribution in [0.15, 0.2) is 30.3 Å². The summed E-state index contributed by atoms with van der Waals surface area (Å²) >= 11 is 13.0. The fourth-order valence-electron chi connectivity index (χ4n) is 1.97. The Labute approximate surface area is 124 Å². The number of halogens is 3. The second-order valence-electron chi connectivity index (χ2n) is 4.09.